The highest BCUT2D eigenvalue weighted by atomic mass is 32.1. The van der Waals surface area contributed by atoms with Gasteiger partial charge in [-0.2, -0.15) is 0 Å². The van der Waals surface area contributed by atoms with Crippen LogP contribution in [0.15, 0.2) is 18.2 Å². The molecule has 1 fully saturated rings. The zero-order valence-electron chi connectivity index (χ0n) is 9.85. The zero-order chi connectivity index (χ0) is 12.3. The number of hydrogen-bond acceptors (Lipinski definition) is 3. The molecule has 17 heavy (non-hydrogen) atoms. The number of amides is 1. The molecule has 2 N–H and O–H groups in total. The summed E-state index contributed by atoms with van der Waals surface area (Å²) in [5, 5.41) is 12.3. The van der Waals surface area contributed by atoms with Crippen molar-refractivity contribution in [3.63, 3.8) is 0 Å². The van der Waals surface area contributed by atoms with Crippen LogP contribution < -0.4 is 5.32 Å². The second-order valence-electron chi connectivity index (χ2n) is 4.43. The van der Waals surface area contributed by atoms with Crippen LogP contribution in [0.5, 0.6) is 0 Å². The third-order valence-electron chi connectivity index (χ3n) is 2.81. The molecule has 92 valence electrons. The molecule has 0 aromatic carbocycles. The third kappa shape index (κ3) is 3.98. The number of aliphatic hydroxyl groups excluding tert-OH is 1. The Labute approximate surface area is 105 Å². The Morgan fingerprint density at radius 2 is 2.41 bits per heavy atom. The summed E-state index contributed by atoms with van der Waals surface area (Å²) in [5.74, 6) is 0.259. The van der Waals surface area contributed by atoms with Gasteiger partial charge in [-0.15, -0.1) is 11.3 Å². The number of hydrogen-bond donors (Lipinski definition) is 2. The normalized spacial score (nSPS) is 17.3. The first-order valence-corrected chi connectivity index (χ1v) is 6.67. The Balaban J connectivity index is 1.74. The Kier molecular flexibility index (Phi) is 3.97. The van der Waals surface area contributed by atoms with Crippen LogP contribution in [0.3, 0.4) is 0 Å². The fourth-order valence-corrected chi connectivity index (χ4v) is 2.39. The molecule has 2 rings (SSSR count). The standard InChI is InChI=1S/C13H17NO2S/c1-9-2-5-11(17-9)6-7-13(16)14-8-12(15)10-3-4-10/h2,5-7,10,12,15H,3-4,8H2,1H3,(H,14,16). The van der Waals surface area contributed by atoms with Gasteiger partial charge in [-0.1, -0.05) is 0 Å². The van der Waals surface area contributed by atoms with Crippen molar-refractivity contribution >= 4 is 23.3 Å². The SMILES string of the molecule is Cc1ccc(C=CC(=O)NCC(O)C2CC2)s1. The summed E-state index contributed by atoms with van der Waals surface area (Å²) in [6.07, 6.45) is 5.11. The number of rotatable bonds is 5. The first-order chi connectivity index (χ1) is 8.15. The van der Waals surface area contributed by atoms with Gasteiger partial charge in [0.05, 0.1) is 6.10 Å². The Bertz CT molecular complexity index is 421. The minimum Gasteiger partial charge on any atom is -0.391 e. The van der Waals surface area contributed by atoms with Gasteiger partial charge >= 0.3 is 0 Å². The predicted octanol–water partition coefficient (Wildman–Crippen LogP) is 1.96. The average Bonchev–Trinajstić information content (AvgIpc) is 3.07. The summed E-state index contributed by atoms with van der Waals surface area (Å²) in [6.45, 7) is 2.39. The molecular weight excluding hydrogens is 234 g/mol. The molecule has 1 saturated carbocycles. The molecule has 0 radical (unpaired) electrons. The largest absolute Gasteiger partial charge is 0.391 e. The van der Waals surface area contributed by atoms with Crippen LogP contribution in [0.25, 0.3) is 6.08 Å². The second kappa shape index (κ2) is 5.47. The first kappa shape index (κ1) is 12.3. The molecule has 3 nitrogen and oxygen atoms in total. The monoisotopic (exact) mass is 251 g/mol. The van der Waals surface area contributed by atoms with E-state index in [9.17, 15) is 9.90 Å². The number of thiophene rings is 1. The van der Waals surface area contributed by atoms with E-state index in [1.165, 1.54) is 11.0 Å². The van der Waals surface area contributed by atoms with Gasteiger partial charge in [0, 0.05) is 22.4 Å². The van der Waals surface area contributed by atoms with Gasteiger partial charge in [0.25, 0.3) is 0 Å². The van der Waals surface area contributed by atoms with Crippen molar-refractivity contribution in [1.82, 2.24) is 5.32 Å². The first-order valence-electron chi connectivity index (χ1n) is 5.85. The molecule has 1 amide bonds. The Morgan fingerprint density at radius 1 is 1.65 bits per heavy atom. The minimum atomic E-state index is -0.378. The van der Waals surface area contributed by atoms with Crippen LogP contribution >= 0.6 is 11.3 Å². The molecule has 1 heterocycles. The summed E-state index contributed by atoms with van der Waals surface area (Å²) in [6, 6.07) is 4.02. The van der Waals surface area contributed by atoms with E-state index in [4.69, 9.17) is 0 Å². The molecule has 1 aliphatic carbocycles. The predicted molar refractivity (Wildman–Crippen MR) is 69.8 cm³/mol. The molecule has 4 heteroatoms. The zero-order valence-corrected chi connectivity index (χ0v) is 10.7. The second-order valence-corrected chi connectivity index (χ2v) is 5.75. The lowest BCUT2D eigenvalue weighted by Gasteiger charge is -2.08. The van der Waals surface area contributed by atoms with Crippen LogP contribution in [-0.4, -0.2) is 23.7 Å². The molecule has 0 aliphatic heterocycles. The number of carbonyl (C=O) groups excluding carboxylic acids is 1. The van der Waals surface area contributed by atoms with Crippen LogP contribution in [0, 0.1) is 12.8 Å². The van der Waals surface area contributed by atoms with Crippen molar-refractivity contribution in [2.24, 2.45) is 5.92 Å². The molecule has 0 spiro atoms. The maximum absolute atomic E-state index is 11.5. The van der Waals surface area contributed by atoms with Crippen LogP contribution in [0.1, 0.15) is 22.6 Å². The van der Waals surface area contributed by atoms with Crippen LogP contribution in [0.2, 0.25) is 0 Å². The highest BCUT2D eigenvalue weighted by molar-refractivity contribution is 7.12. The van der Waals surface area contributed by atoms with Crippen molar-refractivity contribution in [3.8, 4) is 0 Å². The molecule has 1 atom stereocenters. The van der Waals surface area contributed by atoms with E-state index >= 15 is 0 Å². The summed E-state index contributed by atoms with van der Waals surface area (Å²) < 4.78 is 0. The van der Waals surface area contributed by atoms with Gasteiger partial charge in [0.1, 0.15) is 0 Å². The molecular formula is C13H17NO2S. The highest BCUT2D eigenvalue weighted by Gasteiger charge is 2.29. The van der Waals surface area contributed by atoms with Crippen LogP contribution in [0.4, 0.5) is 0 Å². The van der Waals surface area contributed by atoms with Crippen molar-refractivity contribution in [1.29, 1.82) is 0 Å². The highest BCUT2D eigenvalue weighted by Crippen LogP contribution is 2.32. The van der Waals surface area contributed by atoms with Crippen molar-refractivity contribution in [2.45, 2.75) is 25.9 Å². The fraction of sp³-hybridized carbons (Fsp3) is 0.462. The van der Waals surface area contributed by atoms with Gasteiger partial charge in [-0.3, -0.25) is 4.79 Å². The van der Waals surface area contributed by atoms with Crippen molar-refractivity contribution in [3.05, 3.63) is 28.0 Å². The van der Waals surface area contributed by atoms with E-state index in [1.807, 2.05) is 19.1 Å². The number of nitrogens with one attached hydrogen (secondary N) is 1. The van der Waals surface area contributed by atoms with Crippen LogP contribution in [-0.2, 0) is 4.79 Å². The number of aryl methyl sites for hydroxylation is 1. The third-order valence-corrected chi connectivity index (χ3v) is 3.78. The molecule has 1 unspecified atom stereocenters. The summed E-state index contributed by atoms with van der Waals surface area (Å²) in [4.78, 5) is 13.8. The van der Waals surface area contributed by atoms with Crippen molar-refractivity contribution < 1.29 is 9.90 Å². The van der Waals surface area contributed by atoms with Gasteiger partial charge in [0.2, 0.25) is 5.91 Å². The number of carbonyl (C=O) groups is 1. The average molecular weight is 251 g/mol. The quantitative estimate of drug-likeness (QED) is 0.786. The molecule has 1 aromatic heterocycles. The van der Waals surface area contributed by atoms with E-state index in [2.05, 4.69) is 5.32 Å². The van der Waals surface area contributed by atoms with Gasteiger partial charge < -0.3 is 10.4 Å². The van der Waals surface area contributed by atoms with Gasteiger partial charge in [-0.05, 0) is 43.9 Å². The van der Waals surface area contributed by atoms with E-state index < -0.39 is 0 Å². The maximum Gasteiger partial charge on any atom is 0.244 e. The Morgan fingerprint density at radius 3 is 3.00 bits per heavy atom. The smallest absolute Gasteiger partial charge is 0.244 e. The summed E-state index contributed by atoms with van der Waals surface area (Å²) in [7, 11) is 0. The van der Waals surface area contributed by atoms with E-state index in [-0.39, 0.29) is 12.0 Å². The van der Waals surface area contributed by atoms with E-state index in [1.54, 1.807) is 17.4 Å². The molecule has 0 saturated heterocycles. The topological polar surface area (TPSA) is 49.3 Å². The Hall–Kier alpha value is -1.13. The summed E-state index contributed by atoms with van der Waals surface area (Å²) in [5.41, 5.74) is 0. The molecule has 1 aliphatic rings. The van der Waals surface area contributed by atoms with E-state index in [0.717, 1.165) is 17.7 Å². The minimum absolute atomic E-state index is 0.143. The summed E-state index contributed by atoms with van der Waals surface area (Å²) >= 11 is 1.65. The van der Waals surface area contributed by atoms with Crippen molar-refractivity contribution in [2.75, 3.05) is 6.54 Å². The lowest BCUT2D eigenvalue weighted by molar-refractivity contribution is -0.116. The lowest BCUT2D eigenvalue weighted by Crippen LogP contribution is -2.31. The van der Waals surface area contributed by atoms with E-state index in [0.29, 0.717) is 12.5 Å². The van der Waals surface area contributed by atoms with Gasteiger partial charge in [0.15, 0.2) is 0 Å². The molecule has 1 aromatic rings. The van der Waals surface area contributed by atoms with Gasteiger partial charge in [-0.25, -0.2) is 0 Å². The number of aliphatic hydroxyl groups is 1. The maximum atomic E-state index is 11.5. The lowest BCUT2D eigenvalue weighted by atomic mass is 10.2. The fourth-order valence-electron chi connectivity index (χ4n) is 1.61. The molecule has 0 bridgehead atoms.